The molecule has 1 aliphatic carbocycles. The number of nitrogens with one attached hydrogen (secondary N) is 1. The average molecular weight is 488 g/mol. The summed E-state index contributed by atoms with van der Waals surface area (Å²) in [6.45, 7) is 6.70. The highest BCUT2D eigenvalue weighted by atomic mass is 32.2. The summed E-state index contributed by atoms with van der Waals surface area (Å²) < 4.78 is 47.8. The zero-order valence-corrected chi connectivity index (χ0v) is 20.6. The number of nitrogens with zero attached hydrogens (tertiary/aromatic N) is 2. The van der Waals surface area contributed by atoms with E-state index in [4.69, 9.17) is 4.74 Å². The van der Waals surface area contributed by atoms with Crippen LogP contribution in [0.4, 0.5) is 15.8 Å². The second-order valence-electron chi connectivity index (χ2n) is 9.71. The topological polar surface area (TPSA) is 61.9 Å². The largest absolute Gasteiger partial charge is 0.385 e. The molecule has 0 bridgehead atoms. The zero-order chi connectivity index (χ0) is 23.7. The molecule has 2 unspecified atom stereocenters. The van der Waals surface area contributed by atoms with Gasteiger partial charge in [0, 0.05) is 38.4 Å². The third kappa shape index (κ3) is 4.81. The number of rotatable bonds is 9. The second kappa shape index (κ2) is 9.84. The SMILES string of the molecule is CCCCc1ccc(S(=O)(=O)N2CC3C(CNc4ccc(N5CCOCC5)c(F)c4)C3C2)cc1. The van der Waals surface area contributed by atoms with Crippen LogP contribution in [0.15, 0.2) is 47.4 Å². The van der Waals surface area contributed by atoms with E-state index < -0.39 is 10.0 Å². The lowest BCUT2D eigenvalue weighted by Gasteiger charge is -2.29. The number of aryl methyl sites for hydroxylation is 1. The Balaban J connectivity index is 1.12. The third-order valence-electron chi connectivity index (χ3n) is 7.56. The van der Waals surface area contributed by atoms with Gasteiger partial charge in [0.05, 0.1) is 23.8 Å². The Morgan fingerprint density at radius 3 is 2.41 bits per heavy atom. The van der Waals surface area contributed by atoms with Crippen LogP contribution < -0.4 is 10.2 Å². The van der Waals surface area contributed by atoms with E-state index in [0.717, 1.165) is 31.5 Å². The highest BCUT2D eigenvalue weighted by molar-refractivity contribution is 7.89. The van der Waals surface area contributed by atoms with Gasteiger partial charge in [-0.15, -0.1) is 0 Å². The lowest BCUT2D eigenvalue weighted by Crippen LogP contribution is -2.36. The maximum atomic E-state index is 14.6. The number of benzene rings is 2. The van der Waals surface area contributed by atoms with Gasteiger partial charge in [0.25, 0.3) is 0 Å². The number of fused-ring (bicyclic) bond motifs is 1. The number of piperidine rings is 1. The van der Waals surface area contributed by atoms with Crippen LogP contribution >= 0.6 is 0 Å². The maximum absolute atomic E-state index is 14.6. The molecule has 0 aromatic heterocycles. The van der Waals surface area contributed by atoms with E-state index in [-0.39, 0.29) is 5.82 Å². The highest BCUT2D eigenvalue weighted by Crippen LogP contribution is 2.52. The average Bonchev–Trinajstić information content (AvgIpc) is 3.29. The fourth-order valence-corrected chi connectivity index (χ4v) is 6.90. The molecule has 2 aliphatic heterocycles. The molecule has 3 fully saturated rings. The summed E-state index contributed by atoms with van der Waals surface area (Å²) in [7, 11) is -3.44. The predicted molar refractivity (Wildman–Crippen MR) is 132 cm³/mol. The van der Waals surface area contributed by atoms with Crippen molar-refractivity contribution >= 4 is 21.4 Å². The first-order valence-corrected chi connectivity index (χ1v) is 13.9. The van der Waals surface area contributed by atoms with Gasteiger partial charge in [0.15, 0.2) is 0 Å². The van der Waals surface area contributed by atoms with Crippen LogP contribution in [0.25, 0.3) is 0 Å². The molecule has 2 atom stereocenters. The Hall–Kier alpha value is -2.16. The highest BCUT2D eigenvalue weighted by Gasteiger charge is 2.57. The number of morpholine rings is 1. The molecule has 2 aromatic carbocycles. The predicted octanol–water partition coefficient (Wildman–Crippen LogP) is 3.98. The lowest BCUT2D eigenvalue weighted by atomic mass is 10.1. The summed E-state index contributed by atoms with van der Waals surface area (Å²) in [4.78, 5) is 2.40. The molecule has 3 aliphatic rings. The molecule has 2 aromatic rings. The summed E-state index contributed by atoms with van der Waals surface area (Å²) in [5.74, 6) is 0.970. The molecule has 0 radical (unpaired) electrons. The minimum Gasteiger partial charge on any atom is -0.385 e. The van der Waals surface area contributed by atoms with Crippen LogP contribution in [0.3, 0.4) is 0 Å². The Kier molecular flexibility index (Phi) is 6.82. The normalized spacial score (nSPS) is 24.8. The fraction of sp³-hybridized carbons (Fsp3) is 0.538. The van der Waals surface area contributed by atoms with Crippen molar-refractivity contribution in [3.05, 3.63) is 53.8 Å². The number of sulfonamides is 1. The van der Waals surface area contributed by atoms with Crippen molar-refractivity contribution in [2.75, 3.05) is 56.2 Å². The number of halogens is 1. The van der Waals surface area contributed by atoms with E-state index in [1.807, 2.05) is 29.2 Å². The zero-order valence-electron chi connectivity index (χ0n) is 19.7. The molecule has 2 saturated heterocycles. The van der Waals surface area contributed by atoms with Gasteiger partial charge in [-0.2, -0.15) is 4.31 Å². The van der Waals surface area contributed by atoms with E-state index in [0.29, 0.717) is 67.7 Å². The van der Waals surface area contributed by atoms with Gasteiger partial charge in [0.2, 0.25) is 10.0 Å². The van der Waals surface area contributed by atoms with Crippen LogP contribution in [0.5, 0.6) is 0 Å². The molecule has 5 rings (SSSR count). The monoisotopic (exact) mass is 487 g/mol. The Morgan fingerprint density at radius 1 is 1.06 bits per heavy atom. The van der Waals surface area contributed by atoms with Gasteiger partial charge in [-0.3, -0.25) is 0 Å². The van der Waals surface area contributed by atoms with Crippen LogP contribution in [0, 0.1) is 23.6 Å². The van der Waals surface area contributed by atoms with E-state index in [2.05, 4.69) is 12.2 Å². The van der Waals surface area contributed by atoms with Gasteiger partial charge in [-0.1, -0.05) is 25.5 Å². The van der Waals surface area contributed by atoms with Crippen molar-refractivity contribution in [3.63, 3.8) is 0 Å². The standard InChI is InChI=1S/C26H34FN3O3S/c1-2-3-4-19-5-8-21(9-6-19)34(31,32)30-17-23-22(24(23)18-30)16-28-20-7-10-26(25(27)15-20)29-11-13-33-14-12-29/h5-10,15,22-24,28H,2-4,11-14,16-18H2,1H3. The van der Waals surface area contributed by atoms with Crippen molar-refractivity contribution in [1.29, 1.82) is 0 Å². The van der Waals surface area contributed by atoms with Crippen molar-refractivity contribution in [3.8, 4) is 0 Å². The second-order valence-corrected chi connectivity index (χ2v) is 11.6. The molecule has 184 valence electrons. The molecule has 6 nitrogen and oxygen atoms in total. The van der Waals surface area contributed by atoms with E-state index in [9.17, 15) is 12.8 Å². The fourth-order valence-electron chi connectivity index (χ4n) is 5.38. The maximum Gasteiger partial charge on any atom is 0.243 e. The molecule has 0 amide bonds. The number of anilines is 2. The summed E-state index contributed by atoms with van der Waals surface area (Å²) in [6, 6.07) is 12.7. The third-order valence-corrected chi connectivity index (χ3v) is 9.41. The molecule has 0 spiro atoms. The number of hydrogen-bond acceptors (Lipinski definition) is 5. The first kappa shape index (κ1) is 23.6. The minimum absolute atomic E-state index is 0.221. The Morgan fingerprint density at radius 2 is 1.76 bits per heavy atom. The first-order chi connectivity index (χ1) is 16.5. The summed E-state index contributed by atoms with van der Waals surface area (Å²) in [6.07, 6.45) is 3.22. The summed E-state index contributed by atoms with van der Waals surface area (Å²) in [5, 5.41) is 3.36. The van der Waals surface area contributed by atoms with Crippen LogP contribution in [0.1, 0.15) is 25.3 Å². The summed E-state index contributed by atoms with van der Waals surface area (Å²) >= 11 is 0. The van der Waals surface area contributed by atoms with E-state index in [1.165, 1.54) is 5.56 Å². The molecular weight excluding hydrogens is 453 g/mol. The molecule has 1 N–H and O–H groups in total. The smallest absolute Gasteiger partial charge is 0.243 e. The molecule has 8 heteroatoms. The quantitative estimate of drug-likeness (QED) is 0.580. The van der Waals surface area contributed by atoms with Gasteiger partial charge >= 0.3 is 0 Å². The van der Waals surface area contributed by atoms with Crippen molar-refractivity contribution < 1.29 is 17.5 Å². The van der Waals surface area contributed by atoms with Gasteiger partial charge < -0.3 is 15.0 Å². The number of unbranched alkanes of at least 4 members (excludes halogenated alkanes) is 1. The van der Waals surface area contributed by atoms with Crippen molar-refractivity contribution in [2.24, 2.45) is 17.8 Å². The van der Waals surface area contributed by atoms with Crippen LogP contribution in [0.2, 0.25) is 0 Å². The van der Waals surface area contributed by atoms with Crippen LogP contribution in [-0.4, -0.2) is 58.7 Å². The van der Waals surface area contributed by atoms with Crippen LogP contribution in [-0.2, 0) is 21.2 Å². The Bertz CT molecular complexity index is 1090. The van der Waals surface area contributed by atoms with Gasteiger partial charge in [-0.25, -0.2) is 12.8 Å². The molecular formula is C26H34FN3O3S. The summed E-state index contributed by atoms with van der Waals surface area (Å²) in [5.41, 5.74) is 2.58. The van der Waals surface area contributed by atoms with Crippen molar-refractivity contribution in [1.82, 2.24) is 4.31 Å². The number of hydrogen-bond donors (Lipinski definition) is 1. The van der Waals surface area contributed by atoms with Gasteiger partial charge in [-0.05, 0) is 66.5 Å². The van der Waals surface area contributed by atoms with Gasteiger partial charge in [0.1, 0.15) is 5.82 Å². The first-order valence-electron chi connectivity index (χ1n) is 12.4. The molecule has 1 saturated carbocycles. The molecule has 2 heterocycles. The van der Waals surface area contributed by atoms with E-state index in [1.54, 1.807) is 22.5 Å². The minimum atomic E-state index is -3.44. The van der Waals surface area contributed by atoms with Crippen molar-refractivity contribution in [2.45, 2.75) is 31.1 Å². The lowest BCUT2D eigenvalue weighted by molar-refractivity contribution is 0.122. The molecule has 34 heavy (non-hydrogen) atoms. The van der Waals surface area contributed by atoms with E-state index >= 15 is 0 Å². The Labute approximate surface area is 202 Å². The number of ether oxygens (including phenoxy) is 1.